The molecule has 3 aromatic carbocycles. The molecule has 0 aliphatic carbocycles. The van der Waals surface area contributed by atoms with Gasteiger partial charge in [-0.25, -0.2) is 14.4 Å². The van der Waals surface area contributed by atoms with Crippen molar-refractivity contribution in [1.29, 1.82) is 0 Å². The third kappa shape index (κ3) is 3.59. The van der Waals surface area contributed by atoms with E-state index in [4.69, 9.17) is 4.98 Å². The van der Waals surface area contributed by atoms with E-state index in [1.807, 2.05) is 66.7 Å². The molecule has 1 N–H and O–H groups in total. The molecule has 126 valence electrons. The molecule has 3 nitrogen and oxygen atoms in total. The second kappa shape index (κ2) is 7.15. The summed E-state index contributed by atoms with van der Waals surface area (Å²) < 4.78 is 13.5. The van der Waals surface area contributed by atoms with Gasteiger partial charge in [0.15, 0.2) is 5.82 Å². The molecule has 0 aliphatic rings. The number of rotatable bonds is 4. The van der Waals surface area contributed by atoms with Crippen LogP contribution in [0.5, 0.6) is 0 Å². The van der Waals surface area contributed by atoms with Crippen molar-refractivity contribution in [2.75, 3.05) is 5.32 Å². The maximum Gasteiger partial charge on any atom is 0.162 e. The quantitative estimate of drug-likeness (QED) is 0.518. The standard InChI is InChI=1S/C22H16FN3/c23-18-12-7-13-19(14-18)24-21-15-20(16-8-3-1-4-9-16)25-22(26-21)17-10-5-2-6-11-17/h1-15H,(H,24,25,26). The molecule has 0 saturated heterocycles. The summed E-state index contributed by atoms with van der Waals surface area (Å²) in [5.41, 5.74) is 3.36. The van der Waals surface area contributed by atoms with Crippen LogP contribution in [0.4, 0.5) is 15.9 Å². The lowest BCUT2D eigenvalue weighted by atomic mass is 10.1. The number of hydrogen-bond donors (Lipinski definition) is 1. The van der Waals surface area contributed by atoms with Crippen LogP contribution in [0.2, 0.25) is 0 Å². The maximum absolute atomic E-state index is 13.5. The molecule has 0 radical (unpaired) electrons. The fourth-order valence-electron chi connectivity index (χ4n) is 2.70. The highest BCUT2D eigenvalue weighted by Gasteiger charge is 2.09. The zero-order valence-electron chi connectivity index (χ0n) is 13.9. The summed E-state index contributed by atoms with van der Waals surface area (Å²) in [5.74, 6) is 0.935. The molecule has 0 atom stereocenters. The minimum atomic E-state index is -0.296. The molecule has 0 aliphatic heterocycles. The van der Waals surface area contributed by atoms with E-state index in [1.54, 1.807) is 12.1 Å². The van der Waals surface area contributed by atoms with E-state index in [0.717, 1.165) is 16.8 Å². The third-order valence-corrected chi connectivity index (χ3v) is 3.92. The first-order chi connectivity index (χ1) is 12.8. The second-order valence-corrected chi connectivity index (χ2v) is 5.83. The molecule has 26 heavy (non-hydrogen) atoms. The Bertz CT molecular complexity index is 960. The Labute approximate surface area is 151 Å². The van der Waals surface area contributed by atoms with Crippen LogP contribution in [0.3, 0.4) is 0 Å². The number of benzene rings is 3. The highest BCUT2D eigenvalue weighted by Crippen LogP contribution is 2.26. The van der Waals surface area contributed by atoms with Gasteiger partial charge in [-0.2, -0.15) is 0 Å². The normalized spacial score (nSPS) is 10.5. The van der Waals surface area contributed by atoms with Crippen LogP contribution in [-0.4, -0.2) is 9.97 Å². The average Bonchev–Trinajstić information content (AvgIpc) is 2.69. The minimum absolute atomic E-state index is 0.296. The molecule has 0 fully saturated rings. The van der Waals surface area contributed by atoms with E-state index in [-0.39, 0.29) is 5.82 Å². The molecule has 1 heterocycles. The van der Waals surface area contributed by atoms with Crippen molar-refractivity contribution in [3.8, 4) is 22.6 Å². The molecule has 0 amide bonds. The molecule has 1 aromatic heterocycles. The first kappa shape index (κ1) is 16.0. The van der Waals surface area contributed by atoms with Gasteiger partial charge < -0.3 is 5.32 Å². The summed E-state index contributed by atoms with van der Waals surface area (Å²) in [5, 5.41) is 3.17. The fourth-order valence-corrected chi connectivity index (χ4v) is 2.70. The number of aromatic nitrogens is 2. The van der Waals surface area contributed by atoms with Crippen LogP contribution < -0.4 is 5.32 Å². The Hall–Kier alpha value is -3.53. The van der Waals surface area contributed by atoms with E-state index >= 15 is 0 Å². The van der Waals surface area contributed by atoms with Crippen LogP contribution >= 0.6 is 0 Å². The van der Waals surface area contributed by atoms with E-state index < -0.39 is 0 Å². The van der Waals surface area contributed by atoms with Gasteiger partial charge in [-0.3, -0.25) is 0 Å². The van der Waals surface area contributed by atoms with Crippen LogP contribution in [0.1, 0.15) is 0 Å². The SMILES string of the molecule is Fc1cccc(Nc2cc(-c3ccccc3)nc(-c3ccccc3)n2)c1. The van der Waals surface area contributed by atoms with Crippen molar-refractivity contribution >= 4 is 11.5 Å². The molecule has 0 unspecified atom stereocenters. The largest absolute Gasteiger partial charge is 0.340 e. The number of nitrogens with zero attached hydrogens (tertiary/aromatic N) is 2. The molecule has 4 aromatic rings. The average molecular weight is 341 g/mol. The van der Waals surface area contributed by atoms with Crippen molar-refractivity contribution in [3.63, 3.8) is 0 Å². The van der Waals surface area contributed by atoms with Crippen molar-refractivity contribution < 1.29 is 4.39 Å². The van der Waals surface area contributed by atoms with Gasteiger partial charge in [0.25, 0.3) is 0 Å². The van der Waals surface area contributed by atoms with E-state index in [2.05, 4.69) is 10.3 Å². The van der Waals surface area contributed by atoms with Crippen LogP contribution in [0.15, 0.2) is 91.0 Å². The highest BCUT2D eigenvalue weighted by molar-refractivity contribution is 5.69. The Balaban J connectivity index is 1.80. The maximum atomic E-state index is 13.5. The summed E-state index contributed by atoms with van der Waals surface area (Å²) in [6.45, 7) is 0. The lowest BCUT2D eigenvalue weighted by Crippen LogP contribution is -1.99. The summed E-state index contributed by atoms with van der Waals surface area (Å²) in [6, 6.07) is 27.9. The van der Waals surface area contributed by atoms with Gasteiger partial charge in [-0.15, -0.1) is 0 Å². The van der Waals surface area contributed by atoms with E-state index in [9.17, 15) is 4.39 Å². The van der Waals surface area contributed by atoms with Gasteiger partial charge in [0.2, 0.25) is 0 Å². The topological polar surface area (TPSA) is 37.8 Å². The Kier molecular flexibility index (Phi) is 4.39. The third-order valence-electron chi connectivity index (χ3n) is 3.92. The minimum Gasteiger partial charge on any atom is -0.340 e. The van der Waals surface area contributed by atoms with Crippen molar-refractivity contribution in [1.82, 2.24) is 9.97 Å². The van der Waals surface area contributed by atoms with Crippen molar-refractivity contribution in [3.05, 3.63) is 96.8 Å². The number of halogens is 1. The van der Waals surface area contributed by atoms with Crippen molar-refractivity contribution in [2.45, 2.75) is 0 Å². The number of anilines is 2. The molecule has 4 rings (SSSR count). The van der Waals surface area contributed by atoms with Gasteiger partial charge >= 0.3 is 0 Å². The second-order valence-electron chi connectivity index (χ2n) is 5.83. The van der Waals surface area contributed by atoms with Crippen LogP contribution in [0.25, 0.3) is 22.6 Å². The summed E-state index contributed by atoms with van der Waals surface area (Å²) >= 11 is 0. The highest BCUT2D eigenvalue weighted by atomic mass is 19.1. The van der Waals surface area contributed by atoms with E-state index in [1.165, 1.54) is 12.1 Å². The number of hydrogen-bond acceptors (Lipinski definition) is 3. The van der Waals surface area contributed by atoms with Crippen LogP contribution in [0, 0.1) is 5.82 Å². The van der Waals surface area contributed by atoms with Gasteiger partial charge in [-0.05, 0) is 18.2 Å². The summed E-state index contributed by atoms with van der Waals surface area (Å²) in [6.07, 6.45) is 0. The predicted octanol–water partition coefficient (Wildman–Crippen LogP) is 5.69. The molecular formula is C22H16FN3. The van der Waals surface area contributed by atoms with Crippen molar-refractivity contribution in [2.24, 2.45) is 0 Å². The summed E-state index contributed by atoms with van der Waals surface area (Å²) in [7, 11) is 0. The molecule has 0 saturated carbocycles. The molecule has 0 bridgehead atoms. The summed E-state index contributed by atoms with van der Waals surface area (Å²) in [4.78, 5) is 9.32. The first-order valence-corrected chi connectivity index (χ1v) is 8.30. The number of nitrogens with one attached hydrogen (secondary N) is 1. The van der Waals surface area contributed by atoms with E-state index in [0.29, 0.717) is 17.3 Å². The molecule has 4 heteroatoms. The Morgan fingerprint density at radius 1 is 0.654 bits per heavy atom. The van der Waals surface area contributed by atoms with Gasteiger partial charge in [0, 0.05) is 22.9 Å². The zero-order valence-corrected chi connectivity index (χ0v) is 13.9. The zero-order chi connectivity index (χ0) is 17.8. The smallest absolute Gasteiger partial charge is 0.162 e. The monoisotopic (exact) mass is 341 g/mol. The lowest BCUT2D eigenvalue weighted by Gasteiger charge is -2.11. The molecule has 0 spiro atoms. The lowest BCUT2D eigenvalue weighted by molar-refractivity contribution is 0.628. The Morgan fingerprint density at radius 3 is 2.04 bits per heavy atom. The Morgan fingerprint density at radius 2 is 1.35 bits per heavy atom. The predicted molar refractivity (Wildman–Crippen MR) is 103 cm³/mol. The van der Waals surface area contributed by atoms with Gasteiger partial charge in [0.1, 0.15) is 11.6 Å². The first-order valence-electron chi connectivity index (χ1n) is 8.30. The van der Waals surface area contributed by atoms with Gasteiger partial charge in [0.05, 0.1) is 5.69 Å². The van der Waals surface area contributed by atoms with Gasteiger partial charge in [-0.1, -0.05) is 66.7 Å². The fraction of sp³-hybridized carbons (Fsp3) is 0. The van der Waals surface area contributed by atoms with Crippen LogP contribution in [-0.2, 0) is 0 Å². The molecular weight excluding hydrogens is 325 g/mol.